The van der Waals surface area contributed by atoms with Crippen molar-refractivity contribution in [3.05, 3.63) is 0 Å². The molecule has 1 aliphatic heterocycles. The molecule has 0 aromatic carbocycles. The molecule has 0 radical (unpaired) electrons. The third-order valence-corrected chi connectivity index (χ3v) is 3.21. The second-order valence-electron chi connectivity index (χ2n) is 2.37. The zero-order valence-corrected chi connectivity index (χ0v) is 6.60. The summed E-state index contributed by atoms with van der Waals surface area (Å²) in [7, 11) is 0. The van der Waals surface area contributed by atoms with Crippen molar-refractivity contribution in [2.75, 3.05) is 0 Å². The van der Waals surface area contributed by atoms with Gasteiger partial charge in [0.25, 0.3) is 0 Å². The van der Waals surface area contributed by atoms with Crippen LogP contribution in [0.15, 0.2) is 4.99 Å². The minimum absolute atomic E-state index is 0.678. The number of hydrogen-bond donors (Lipinski definition) is 0. The average Bonchev–Trinajstić information content (AvgIpc) is 2.22. The second kappa shape index (κ2) is 2.06. The number of hydrogen-bond acceptors (Lipinski definition) is 2. The number of thioether (sulfide) groups is 1. The van der Waals surface area contributed by atoms with E-state index in [1.807, 2.05) is 0 Å². The van der Waals surface area contributed by atoms with E-state index in [0.717, 1.165) is 4.32 Å². The fourth-order valence-electron chi connectivity index (χ4n) is 1.32. The lowest BCUT2D eigenvalue weighted by Crippen LogP contribution is -2.01. The first kappa shape index (κ1) is 5.86. The minimum Gasteiger partial charge on any atom is -0.238 e. The molecule has 1 nitrogen and oxygen atoms in total. The molecule has 0 aromatic rings. The van der Waals surface area contributed by atoms with Crippen molar-refractivity contribution in [3.63, 3.8) is 0 Å². The van der Waals surface area contributed by atoms with Crippen molar-refractivity contribution >= 4 is 34.0 Å². The number of aliphatic imine (C=N–C) groups is 1. The quantitative estimate of drug-likeness (QED) is 0.499. The lowest BCUT2D eigenvalue weighted by atomic mass is 10.3. The van der Waals surface area contributed by atoms with Crippen LogP contribution in [0.4, 0.5) is 0 Å². The van der Waals surface area contributed by atoms with E-state index in [4.69, 9.17) is 12.2 Å². The largest absolute Gasteiger partial charge is 0.238 e. The fourth-order valence-corrected chi connectivity index (χ4v) is 2.79. The van der Waals surface area contributed by atoms with Crippen LogP contribution in [-0.2, 0) is 0 Å². The Morgan fingerprint density at radius 3 is 3.33 bits per heavy atom. The Morgan fingerprint density at radius 2 is 2.56 bits per heavy atom. The molecule has 1 heterocycles. The van der Waals surface area contributed by atoms with E-state index in [1.165, 1.54) is 25.0 Å². The molecule has 0 aromatic heterocycles. The molecular weight excluding hydrogens is 150 g/mol. The van der Waals surface area contributed by atoms with Gasteiger partial charge in [-0.2, -0.15) is 0 Å². The normalized spacial score (nSPS) is 32.7. The zero-order valence-electron chi connectivity index (χ0n) is 4.96. The summed E-state index contributed by atoms with van der Waals surface area (Å²) in [6.45, 7) is 0. The van der Waals surface area contributed by atoms with Gasteiger partial charge in [0.05, 0.1) is 5.25 Å². The molecule has 1 unspecified atom stereocenters. The van der Waals surface area contributed by atoms with E-state index >= 15 is 0 Å². The molecule has 2 rings (SSSR count). The fraction of sp³-hybridized carbons (Fsp3) is 0.667. The van der Waals surface area contributed by atoms with Crippen molar-refractivity contribution in [2.24, 2.45) is 4.99 Å². The first-order chi connectivity index (χ1) is 4.36. The number of rotatable bonds is 0. The molecule has 48 valence electrons. The van der Waals surface area contributed by atoms with Crippen molar-refractivity contribution < 1.29 is 0 Å². The van der Waals surface area contributed by atoms with Crippen LogP contribution >= 0.6 is 24.0 Å². The monoisotopic (exact) mass is 157 g/mol. The first-order valence-electron chi connectivity index (χ1n) is 3.14. The first-order valence-corrected chi connectivity index (χ1v) is 4.43. The summed E-state index contributed by atoms with van der Waals surface area (Å²) in [5.41, 5.74) is 1.35. The van der Waals surface area contributed by atoms with Gasteiger partial charge in [-0.3, -0.25) is 0 Å². The van der Waals surface area contributed by atoms with Crippen LogP contribution in [0, 0.1) is 0 Å². The summed E-state index contributed by atoms with van der Waals surface area (Å²) in [5.74, 6) is 0. The van der Waals surface area contributed by atoms with Crippen LogP contribution in [0.25, 0.3) is 0 Å². The molecule has 1 fully saturated rings. The maximum absolute atomic E-state index is 4.95. The molecule has 2 aliphatic rings. The Labute approximate surface area is 63.9 Å². The molecule has 0 spiro atoms. The summed E-state index contributed by atoms with van der Waals surface area (Å²) in [6.07, 6.45) is 3.81. The zero-order chi connectivity index (χ0) is 6.27. The van der Waals surface area contributed by atoms with Crippen LogP contribution in [-0.4, -0.2) is 15.3 Å². The molecule has 1 saturated carbocycles. The Hall–Kier alpha value is 0.110. The average molecular weight is 157 g/mol. The van der Waals surface area contributed by atoms with Crippen LogP contribution < -0.4 is 0 Å². The third-order valence-electron chi connectivity index (χ3n) is 1.75. The maximum atomic E-state index is 4.95. The molecule has 0 saturated heterocycles. The standard InChI is InChI=1S/C6H7NS2/c8-6-7-4-2-1-3-5(4)9-6/h5H,1-3H2. The lowest BCUT2D eigenvalue weighted by Gasteiger charge is -1.95. The lowest BCUT2D eigenvalue weighted by molar-refractivity contribution is 0.895. The van der Waals surface area contributed by atoms with Gasteiger partial charge in [-0.05, 0) is 19.3 Å². The van der Waals surface area contributed by atoms with Gasteiger partial charge in [0.15, 0.2) is 4.32 Å². The van der Waals surface area contributed by atoms with Gasteiger partial charge in [0.2, 0.25) is 0 Å². The van der Waals surface area contributed by atoms with E-state index in [2.05, 4.69) is 4.99 Å². The van der Waals surface area contributed by atoms with E-state index < -0.39 is 0 Å². The number of fused-ring (bicyclic) bond motifs is 1. The summed E-state index contributed by atoms with van der Waals surface area (Å²) < 4.78 is 0.856. The Kier molecular flexibility index (Phi) is 1.34. The Bertz CT molecular complexity index is 185. The van der Waals surface area contributed by atoms with Crippen molar-refractivity contribution in [3.8, 4) is 0 Å². The molecule has 0 bridgehead atoms. The van der Waals surface area contributed by atoms with Gasteiger partial charge in [0, 0.05) is 5.71 Å². The molecule has 9 heavy (non-hydrogen) atoms. The van der Waals surface area contributed by atoms with Gasteiger partial charge >= 0.3 is 0 Å². The van der Waals surface area contributed by atoms with Gasteiger partial charge in [-0.25, -0.2) is 4.99 Å². The second-order valence-corrected chi connectivity index (χ2v) is 4.20. The predicted octanol–water partition coefficient (Wildman–Crippen LogP) is 2.01. The molecule has 0 amide bonds. The van der Waals surface area contributed by atoms with Gasteiger partial charge in [-0.1, -0.05) is 24.0 Å². The Balaban J connectivity index is 2.27. The summed E-state index contributed by atoms with van der Waals surface area (Å²) in [5, 5.41) is 0.678. The van der Waals surface area contributed by atoms with Gasteiger partial charge in [-0.15, -0.1) is 0 Å². The number of thiocarbonyl (C=S) groups is 1. The predicted molar refractivity (Wildman–Crippen MR) is 45.3 cm³/mol. The topological polar surface area (TPSA) is 12.4 Å². The van der Waals surface area contributed by atoms with E-state index in [1.54, 1.807) is 11.8 Å². The highest BCUT2D eigenvalue weighted by atomic mass is 32.2. The van der Waals surface area contributed by atoms with E-state index in [-0.39, 0.29) is 0 Å². The SMILES string of the molecule is S=C1N=C2CCCC2S1. The maximum Gasteiger partial charge on any atom is 0.160 e. The van der Waals surface area contributed by atoms with Crippen molar-refractivity contribution in [2.45, 2.75) is 24.5 Å². The highest BCUT2D eigenvalue weighted by Crippen LogP contribution is 2.34. The van der Waals surface area contributed by atoms with Crippen LogP contribution in [0.2, 0.25) is 0 Å². The third kappa shape index (κ3) is 0.923. The van der Waals surface area contributed by atoms with Gasteiger partial charge < -0.3 is 0 Å². The van der Waals surface area contributed by atoms with E-state index in [0.29, 0.717) is 5.25 Å². The molecular formula is C6H7NS2. The summed E-state index contributed by atoms with van der Waals surface area (Å²) >= 11 is 6.71. The van der Waals surface area contributed by atoms with Crippen molar-refractivity contribution in [1.82, 2.24) is 0 Å². The Morgan fingerprint density at radius 1 is 1.67 bits per heavy atom. The molecule has 0 N–H and O–H groups in total. The minimum atomic E-state index is 0.678. The van der Waals surface area contributed by atoms with Crippen molar-refractivity contribution in [1.29, 1.82) is 0 Å². The molecule has 1 atom stereocenters. The molecule has 1 aliphatic carbocycles. The van der Waals surface area contributed by atoms with Gasteiger partial charge in [0.1, 0.15) is 0 Å². The summed E-state index contributed by atoms with van der Waals surface area (Å²) in [4.78, 5) is 4.26. The van der Waals surface area contributed by atoms with Crippen LogP contribution in [0.1, 0.15) is 19.3 Å². The molecule has 3 heteroatoms. The van der Waals surface area contributed by atoms with Crippen LogP contribution in [0.3, 0.4) is 0 Å². The highest BCUT2D eigenvalue weighted by molar-refractivity contribution is 8.24. The number of nitrogens with zero attached hydrogens (tertiary/aromatic N) is 1. The highest BCUT2D eigenvalue weighted by Gasteiger charge is 2.29. The van der Waals surface area contributed by atoms with Crippen LogP contribution in [0.5, 0.6) is 0 Å². The summed E-state index contributed by atoms with van der Waals surface area (Å²) in [6, 6.07) is 0. The smallest absolute Gasteiger partial charge is 0.160 e. The van der Waals surface area contributed by atoms with E-state index in [9.17, 15) is 0 Å².